The van der Waals surface area contributed by atoms with Gasteiger partial charge in [0.1, 0.15) is 0 Å². The molecule has 0 atom stereocenters. The maximum Gasteiger partial charge on any atom is 0.189 e. The quantitative estimate of drug-likeness (QED) is 0.489. The SMILES string of the molecule is C=C(C)CNC(N)=NCc1cccc(N2CC=CC2)c1. The minimum absolute atomic E-state index is 0.459. The highest BCUT2D eigenvalue weighted by Gasteiger charge is 2.07. The molecule has 0 spiro atoms. The fraction of sp³-hybridized carbons (Fsp3) is 0.312. The molecule has 0 aliphatic carbocycles. The monoisotopic (exact) mass is 270 g/mol. The molecule has 0 fully saturated rings. The first-order valence-electron chi connectivity index (χ1n) is 6.82. The third-order valence-corrected chi connectivity index (χ3v) is 3.10. The fourth-order valence-electron chi connectivity index (χ4n) is 2.01. The average Bonchev–Trinajstić information content (AvgIpc) is 2.97. The molecule has 20 heavy (non-hydrogen) atoms. The van der Waals surface area contributed by atoms with Gasteiger partial charge in [-0.2, -0.15) is 0 Å². The molecule has 0 amide bonds. The van der Waals surface area contributed by atoms with Crippen molar-refractivity contribution in [3.8, 4) is 0 Å². The van der Waals surface area contributed by atoms with Crippen LogP contribution in [0, 0.1) is 0 Å². The van der Waals surface area contributed by atoms with Gasteiger partial charge >= 0.3 is 0 Å². The first kappa shape index (κ1) is 14.2. The van der Waals surface area contributed by atoms with Crippen LogP contribution in [0.4, 0.5) is 5.69 Å². The molecule has 2 rings (SSSR count). The molecule has 1 aromatic rings. The lowest BCUT2D eigenvalue weighted by Gasteiger charge is -2.18. The molecule has 4 heteroatoms. The van der Waals surface area contributed by atoms with Crippen molar-refractivity contribution in [3.63, 3.8) is 0 Å². The van der Waals surface area contributed by atoms with Crippen molar-refractivity contribution in [1.29, 1.82) is 0 Å². The van der Waals surface area contributed by atoms with Crippen molar-refractivity contribution in [1.82, 2.24) is 5.32 Å². The Hall–Kier alpha value is -2.23. The van der Waals surface area contributed by atoms with E-state index in [0.717, 1.165) is 24.2 Å². The molecule has 4 nitrogen and oxygen atoms in total. The van der Waals surface area contributed by atoms with Crippen LogP contribution in [0.2, 0.25) is 0 Å². The normalized spacial score (nSPS) is 14.7. The van der Waals surface area contributed by atoms with Gasteiger partial charge in [-0.1, -0.05) is 36.4 Å². The standard InChI is InChI=1S/C16H22N4/c1-13(2)11-18-16(17)19-12-14-6-5-7-15(10-14)20-8-3-4-9-20/h3-7,10H,1,8-9,11-12H2,2H3,(H3,17,18,19). The minimum atomic E-state index is 0.459. The zero-order valence-corrected chi connectivity index (χ0v) is 12.0. The Kier molecular flexibility index (Phi) is 4.82. The van der Waals surface area contributed by atoms with Gasteiger partial charge in [0.05, 0.1) is 6.54 Å². The third kappa shape index (κ3) is 4.16. The van der Waals surface area contributed by atoms with E-state index in [1.165, 1.54) is 5.69 Å². The number of aliphatic imine (C=N–C) groups is 1. The van der Waals surface area contributed by atoms with Gasteiger partial charge in [-0.15, -0.1) is 0 Å². The summed E-state index contributed by atoms with van der Waals surface area (Å²) in [5, 5.41) is 3.03. The summed E-state index contributed by atoms with van der Waals surface area (Å²) < 4.78 is 0. The number of nitrogens with zero attached hydrogens (tertiary/aromatic N) is 2. The predicted octanol–water partition coefficient (Wildman–Crippen LogP) is 2.04. The Bertz CT molecular complexity index is 523. The van der Waals surface area contributed by atoms with E-state index in [4.69, 9.17) is 5.73 Å². The van der Waals surface area contributed by atoms with Crippen LogP contribution in [-0.2, 0) is 6.54 Å². The third-order valence-electron chi connectivity index (χ3n) is 3.10. The van der Waals surface area contributed by atoms with Crippen LogP contribution < -0.4 is 16.0 Å². The van der Waals surface area contributed by atoms with Gasteiger partial charge in [0.25, 0.3) is 0 Å². The number of nitrogens with one attached hydrogen (secondary N) is 1. The number of anilines is 1. The Morgan fingerprint density at radius 2 is 2.15 bits per heavy atom. The van der Waals surface area contributed by atoms with E-state index in [9.17, 15) is 0 Å². The molecular weight excluding hydrogens is 248 g/mol. The van der Waals surface area contributed by atoms with Crippen molar-refractivity contribution < 1.29 is 0 Å². The van der Waals surface area contributed by atoms with E-state index in [-0.39, 0.29) is 0 Å². The summed E-state index contributed by atoms with van der Waals surface area (Å²) in [7, 11) is 0. The number of rotatable bonds is 5. The lowest BCUT2D eigenvalue weighted by Crippen LogP contribution is -2.32. The summed E-state index contributed by atoms with van der Waals surface area (Å²) >= 11 is 0. The van der Waals surface area contributed by atoms with Gasteiger partial charge in [-0.3, -0.25) is 0 Å². The Balaban J connectivity index is 1.94. The number of hydrogen-bond donors (Lipinski definition) is 2. The Morgan fingerprint density at radius 1 is 1.40 bits per heavy atom. The smallest absolute Gasteiger partial charge is 0.189 e. The van der Waals surface area contributed by atoms with E-state index in [2.05, 4.69) is 58.2 Å². The molecule has 0 unspecified atom stereocenters. The molecule has 0 aromatic heterocycles. The average molecular weight is 270 g/mol. The summed E-state index contributed by atoms with van der Waals surface area (Å²) in [6.07, 6.45) is 4.37. The van der Waals surface area contributed by atoms with Crippen LogP contribution in [0.15, 0.2) is 53.6 Å². The lowest BCUT2D eigenvalue weighted by molar-refractivity contribution is 0.938. The van der Waals surface area contributed by atoms with E-state index in [1.807, 2.05) is 6.92 Å². The molecule has 3 N–H and O–H groups in total. The molecule has 0 bridgehead atoms. The Labute approximate surface area is 120 Å². The van der Waals surface area contributed by atoms with Crippen LogP contribution in [0.5, 0.6) is 0 Å². The van der Waals surface area contributed by atoms with Gasteiger partial charge in [0.15, 0.2) is 5.96 Å². The zero-order valence-electron chi connectivity index (χ0n) is 12.0. The topological polar surface area (TPSA) is 53.6 Å². The maximum atomic E-state index is 5.81. The highest BCUT2D eigenvalue weighted by molar-refractivity contribution is 5.78. The highest BCUT2D eigenvalue weighted by atomic mass is 15.1. The molecule has 1 aliphatic rings. The zero-order chi connectivity index (χ0) is 14.4. The van der Waals surface area contributed by atoms with Gasteiger partial charge < -0.3 is 16.0 Å². The van der Waals surface area contributed by atoms with Crippen LogP contribution in [0.1, 0.15) is 12.5 Å². The van der Waals surface area contributed by atoms with E-state index >= 15 is 0 Å². The summed E-state index contributed by atoms with van der Waals surface area (Å²) in [5.41, 5.74) is 9.24. The molecule has 106 valence electrons. The van der Waals surface area contributed by atoms with Crippen LogP contribution in [0.25, 0.3) is 0 Å². The van der Waals surface area contributed by atoms with Crippen molar-refractivity contribution in [2.45, 2.75) is 13.5 Å². The first-order valence-corrected chi connectivity index (χ1v) is 6.82. The second kappa shape index (κ2) is 6.80. The first-order chi connectivity index (χ1) is 9.65. The summed E-state index contributed by atoms with van der Waals surface area (Å²) in [4.78, 5) is 6.66. The van der Waals surface area contributed by atoms with Crippen LogP contribution >= 0.6 is 0 Å². The van der Waals surface area contributed by atoms with E-state index < -0.39 is 0 Å². The summed E-state index contributed by atoms with van der Waals surface area (Å²) in [6, 6.07) is 8.43. The lowest BCUT2D eigenvalue weighted by atomic mass is 10.2. The maximum absolute atomic E-state index is 5.81. The summed E-state index contributed by atoms with van der Waals surface area (Å²) in [6.45, 7) is 8.98. The van der Waals surface area contributed by atoms with Crippen molar-refractivity contribution in [3.05, 3.63) is 54.1 Å². The van der Waals surface area contributed by atoms with Gasteiger partial charge in [-0.25, -0.2) is 4.99 Å². The van der Waals surface area contributed by atoms with E-state index in [0.29, 0.717) is 19.0 Å². The largest absolute Gasteiger partial charge is 0.370 e. The fourth-order valence-corrected chi connectivity index (χ4v) is 2.01. The second-order valence-electron chi connectivity index (χ2n) is 5.06. The van der Waals surface area contributed by atoms with Crippen molar-refractivity contribution >= 4 is 11.6 Å². The number of guanidine groups is 1. The van der Waals surface area contributed by atoms with Gasteiger partial charge in [-0.05, 0) is 24.6 Å². The molecule has 0 radical (unpaired) electrons. The molecule has 1 aromatic carbocycles. The summed E-state index contributed by atoms with van der Waals surface area (Å²) in [5.74, 6) is 0.459. The molecule has 1 aliphatic heterocycles. The predicted molar refractivity (Wildman–Crippen MR) is 85.9 cm³/mol. The number of nitrogens with two attached hydrogens (primary N) is 1. The van der Waals surface area contributed by atoms with Gasteiger partial charge in [0, 0.05) is 25.3 Å². The van der Waals surface area contributed by atoms with Crippen LogP contribution in [0.3, 0.4) is 0 Å². The minimum Gasteiger partial charge on any atom is -0.370 e. The second-order valence-corrected chi connectivity index (χ2v) is 5.06. The van der Waals surface area contributed by atoms with Crippen molar-refractivity contribution in [2.24, 2.45) is 10.7 Å². The van der Waals surface area contributed by atoms with Crippen LogP contribution in [-0.4, -0.2) is 25.6 Å². The molecular formula is C16H22N4. The number of hydrogen-bond acceptors (Lipinski definition) is 2. The van der Waals surface area contributed by atoms with E-state index in [1.54, 1.807) is 0 Å². The molecule has 0 saturated heterocycles. The Morgan fingerprint density at radius 3 is 2.85 bits per heavy atom. The molecule has 1 heterocycles. The van der Waals surface area contributed by atoms with Gasteiger partial charge in [0.2, 0.25) is 0 Å². The number of benzene rings is 1. The van der Waals surface area contributed by atoms with Crippen molar-refractivity contribution in [2.75, 3.05) is 24.5 Å². The molecule has 0 saturated carbocycles. The highest BCUT2D eigenvalue weighted by Crippen LogP contribution is 2.18.